The molecule has 0 fully saturated rings. The first-order valence-electron chi connectivity index (χ1n) is 6.91. The van der Waals surface area contributed by atoms with Crippen LogP contribution in [-0.2, 0) is 17.6 Å². The van der Waals surface area contributed by atoms with Gasteiger partial charge in [-0.3, -0.25) is 0 Å². The summed E-state index contributed by atoms with van der Waals surface area (Å²) in [7, 11) is 1.75. The number of methoxy groups -OCH3 is 1. The van der Waals surface area contributed by atoms with E-state index in [1.165, 1.54) is 34.8 Å². The van der Waals surface area contributed by atoms with E-state index in [0.717, 1.165) is 19.6 Å². The van der Waals surface area contributed by atoms with Crippen LogP contribution in [0.5, 0.6) is 0 Å². The smallest absolute Gasteiger partial charge is 0.0954 e. The van der Waals surface area contributed by atoms with Gasteiger partial charge in [-0.05, 0) is 19.3 Å². The van der Waals surface area contributed by atoms with Crippen molar-refractivity contribution in [2.24, 2.45) is 0 Å². The summed E-state index contributed by atoms with van der Waals surface area (Å²) < 4.78 is 5.14. The van der Waals surface area contributed by atoms with Crippen LogP contribution in [-0.4, -0.2) is 31.3 Å². The van der Waals surface area contributed by atoms with Crippen LogP contribution in [0.2, 0.25) is 0 Å². The van der Waals surface area contributed by atoms with Gasteiger partial charge in [-0.25, -0.2) is 4.98 Å². The highest BCUT2D eigenvalue weighted by atomic mass is 32.1. The quantitative estimate of drug-likeness (QED) is 0.861. The number of nitrogens with one attached hydrogen (secondary N) is 1. The molecule has 1 atom stereocenters. The van der Waals surface area contributed by atoms with Crippen LogP contribution in [0, 0.1) is 0 Å². The lowest BCUT2D eigenvalue weighted by molar-refractivity contribution is 0.202. The maximum Gasteiger partial charge on any atom is 0.0954 e. The van der Waals surface area contributed by atoms with Gasteiger partial charge < -0.3 is 10.1 Å². The molecule has 0 radical (unpaired) electrons. The van der Waals surface area contributed by atoms with Crippen LogP contribution in [0.4, 0.5) is 0 Å². The van der Waals surface area contributed by atoms with E-state index in [1.54, 1.807) is 7.11 Å². The van der Waals surface area contributed by atoms with Gasteiger partial charge in [-0.2, -0.15) is 0 Å². The summed E-state index contributed by atoms with van der Waals surface area (Å²) in [4.78, 5) is 6.36. The van der Waals surface area contributed by atoms with Gasteiger partial charge in [0, 0.05) is 36.9 Å². The zero-order valence-electron chi connectivity index (χ0n) is 11.7. The average molecular weight is 268 g/mol. The number of aromatic nitrogens is 1. The lowest BCUT2D eigenvalue weighted by atomic mass is 9.91. The molecule has 0 saturated heterocycles. The topological polar surface area (TPSA) is 34.1 Å². The predicted molar refractivity (Wildman–Crippen MR) is 76.5 cm³/mol. The number of ether oxygens (including phenoxy) is 1. The maximum absolute atomic E-state index is 5.14. The van der Waals surface area contributed by atoms with E-state index in [0.29, 0.717) is 12.0 Å². The highest BCUT2D eigenvalue weighted by Crippen LogP contribution is 2.34. The number of fused-ring (bicyclic) bond motifs is 1. The molecular weight excluding hydrogens is 244 g/mol. The van der Waals surface area contributed by atoms with E-state index >= 15 is 0 Å². The maximum atomic E-state index is 5.14. The molecule has 0 bridgehead atoms. The summed E-state index contributed by atoms with van der Waals surface area (Å²) in [5.74, 6) is 0.615. The van der Waals surface area contributed by atoms with Gasteiger partial charge in [0.05, 0.1) is 17.3 Å². The molecule has 0 aromatic carbocycles. The molecule has 1 heterocycles. The molecule has 0 spiro atoms. The molecule has 2 rings (SSSR count). The van der Waals surface area contributed by atoms with Gasteiger partial charge in [0.25, 0.3) is 0 Å². The molecule has 3 nitrogen and oxygen atoms in total. The third-order valence-corrected chi connectivity index (χ3v) is 4.60. The van der Waals surface area contributed by atoms with E-state index in [-0.39, 0.29) is 0 Å². The summed E-state index contributed by atoms with van der Waals surface area (Å²) in [6.45, 7) is 6.25. The second-order valence-corrected chi connectivity index (χ2v) is 6.48. The van der Waals surface area contributed by atoms with Gasteiger partial charge in [0.2, 0.25) is 0 Å². The van der Waals surface area contributed by atoms with E-state index < -0.39 is 0 Å². The van der Waals surface area contributed by atoms with Crippen molar-refractivity contribution in [2.45, 2.75) is 51.5 Å². The normalized spacial score (nSPS) is 19.2. The van der Waals surface area contributed by atoms with E-state index in [4.69, 9.17) is 9.72 Å². The van der Waals surface area contributed by atoms with Gasteiger partial charge in [-0.15, -0.1) is 11.3 Å². The first-order chi connectivity index (χ1) is 8.70. The van der Waals surface area contributed by atoms with Gasteiger partial charge in [0.1, 0.15) is 0 Å². The Balaban J connectivity index is 2.03. The molecule has 18 heavy (non-hydrogen) atoms. The summed E-state index contributed by atoms with van der Waals surface area (Å²) in [5.41, 5.74) is 1.37. The van der Waals surface area contributed by atoms with Crippen LogP contribution >= 0.6 is 11.3 Å². The van der Waals surface area contributed by atoms with Crippen molar-refractivity contribution in [2.75, 3.05) is 20.3 Å². The Bertz CT molecular complexity index is 376. The van der Waals surface area contributed by atoms with Gasteiger partial charge in [0.15, 0.2) is 0 Å². The van der Waals surface area contributed by atoms with Gasteiger partial charge in [-0.1, -0.05) is 13.8 Å². The molecular formula is C14H24N2OS. The number of aryl methyl sites for hydroxylation is 1. The Hall–Kier alpha value is -0.450. The second-order valence-electron chi connectivity index (χ2n) is 5.31. The highest BCUT2D eigenvalue weighted by molar-refractivity contribution is 7.11. The van der Waals surface area contributed by atoms with Crippen molar-refractivity contribution < 1.29 is 4.74 Å². The van der Waals surface area contributed by atoms with E-state index in [2.05, 4.69) is 19.2 Å². The molecule has 4 heteroatoms. The van der Waals surface area contributed by atoms with Crippen LogP contribution in [0.25, 0.3) is 0 Å². The number of hydrogen-bond donors (Lipinski definition) is 1. The lowest BCUT2D eigenvalue weighted by Gasteiger charge is -2.22. The molecule has 102 valence electrons. The fraction of sp³-hybridized carbons (Fsp3) is 0.786. The van der Waals surface area contributed by atoms with Crippen LogP contribution in [0.1, 0.15) is 48.2 Å². The average Bonchev–Trinajstić information content (AvgIpc) is 2.76. The monoisotopic (exact) mass is 268 g/mol. The predicted octanol–water partition coefficient (Wildman–Crippen LogP) is 2.75. The molecule has 1 N–H and O–H groups in total. The fourth-order valence-corrected chi connectivity index (χ4v) is 3.61. The van der Waals surface area contributed by atoms with Crippen LogP contribution in [0.3, 0.4) is 0 Å². The number of thiazole rings is 1. The van der Waals surface area contributed by atoms with Crippen molar-refractivity contribution in [1.29, 1.82) is 0 Å². The molecule has 0 amide bonds. The second kappa shape index (κ2) is 6.64. The first-order valence-corrected chi connectivity index (χ1v) is 7.73. The number of nitrogens with zero attached hydrogens (tertiary/aromatic N) is 1. The summed E-state index contributed by atoms with van der Waals surface area (Å²) >= 11 is 1.89. The summed E-state index contributed by atoms with van der Waals surface area (Å²) in [6.07, 6.45) is 4.76. The lowest BCUT2D eigenvalue weighted by Crippen LogP contribution is -2.29. The van der Waals surface area contributed by atoms with Crippen LogP contribution < -0.4 is 5.32 Å². The molecule has 1 aromatic rings. The van der Waals surface area contributed by atoms with Crippen molar-refractivity contribution in [1.82, 2.24) is 10.3 Å². The third kappa shape index (κ3) is 3.53. The number of hydrogen-bond acceptors (Lipinski definition) is 4. The molecule has 0 saturated carbocycles. The molecule has 0 aliphatic heterocycles. The SMILES string of the molecule is COCCc1nc2c(s1)CCCC2CNC(C)C. The number of rotatable bonds is 6. The molecule has 1 aromatic heterocycles. The van der Waals surface area contributed by atoms with E-state index in [1.807, 2.05) is 11.3 Å². The Morgan fingerprint density at radius 3 is 3.06 bits per heavy atom. The Labute approximate surface area is 114 Å². The standard InChI is InChI=1S/C14H24N2OS/c1-10(2)15-9-11-5-4-6-12-14(11)16-13(18-12)7-8-17-3/h10-11,15H,4-9H2,1-3H3. The Morgan fingerprint density at radius 2 is 2.33 bits per heavy atom. The van der Waals surface area contributed by atoms with Crippen molar-refractivity contribution in [3.63, 3.8) is 0 Å². The first kappa shape index (κ1) is 14.0. The molecule has 1 aliphatic carbocycles. The van der Waals surface area contributed by atoms with Crippen molar-refractivity contribution in [3.8, 4) is 0 Å². The summed E-state index contributed by atoms with van der Waals surface area (Å²) in [6, 6.07) is 0.557. The van der Waals surface area contributed by atoms with E-state index in [9.17, 15) is 0 Å². The Morgan fingerprint density at radius 1 is 1.50 bits per heavy atom. The molecule has 1 aliphatic rings. The largest absolute Gasteiger partial charge is 0.384 e. The zero-order chi connectivity index (χ0) is 13.0. The minimum absolute atomic E-state index is 0.557. The van der Waals surface area contributed by atoms with Gasteiger partial charge >= 0.3 is 0 Å². The zero-order valence-corrected chi connectivity index (χ0v) is 12.5. The highest BCUT2D eigenvalue weighted by Gasteiger charge is 2.24. The van der Waals surface area contributed by atoms with Crippen molar-refractivity contribution in [3.05, 3.63) is 15.6 Å². The Kier molecular flexibility index (Phi) is 5.15. The molecule has 1 unspecified atom stereocenters. The fourth-order valence-electron chi connectivity index (χ4n) is 2.43. The minimum Gasteiger partial charge on any atom is -0.384 e. The third-order valence-electron chi connectivity index (χ3n) is 3.41. The summed E-state index contributed by atoms with van der Waals surface area (Å²) in [5, 5.41) is 4.80. The minimum atomic E-state index is 0.557. The van der Waals surface area contributed by atoms with Crippen LogP contribution in [0.15, 0.2) is 0 Å². The van der Waals surface area contributed by atoms with Crippen molar-refractivity contribution >= 4 is 11.3 Å².